The second-order valence-corrected chi connectivity index (χ2v) is 14.1. The number of fused-ring (bicyclic) bond motifs is 6. The summed E-state index contributed by atoms with van der Waals surface area (Å²) in [7, 11) is 0. The van der Waals surface area contributed by atoms with E-state index in [-0.39, 0.29) is 5.41 Å². The first-order valence-electron chi connectivity index (χ1n) is 17.8. The number of rotatable bonds is 5. The van der Waals surface area contributed by atoms with Crippen LogP contribution in [0.25, 0.3) is 83.9 Å². The van der Waals surface area contributed by atoms with Crippen molar-refractivity contribution in [3.8, 4) is 62.1 Å². The van der Waals surface area contributed by atoms with Gasteiger partial charge in [0.1, 0.15) is 0 Å². The Morgan fingerprint density at radius 3 is 1.63 bits per heavy atom. The fraction of sp³-hybridized carbons (Fsp3) is 0.0625. The van der Waals surface area contributed by atoms with E-state index in [4.69, 9.17) is 15.0 Å². The summed E-state index contributed by atoms with van der Waals surface area (Å²) in [4.78, 5) is 15.3. The van der Waals surface area contributed by atoms with Crippen molar-refractivity contribution in [3.63, 3.8) is 0 Å². The van der Waals surface area contributed by atoms with E-state index in [9.17, 15) is 0 Å². The van der Waals surface area contributed by atoms with Crippen molar-refractivity contribution in [1.29, 1.82) is 0 Å². The van der Waals surface area contributed by atoms with Gasteiger partial charge >= 0.3 is 0 Å². The molecule has 1 aliphatic rings. The molecule has 4 nitrogen and oxygen atoms in total. The molecule has 0 spiro atoms. The van der Waals surface area contributed by atoms with Crippen molar-refractivity contribution in [2.45, 2.75) is 19.3 Å². The standard InChI is InChI=1S/C48H34N4/c1-48(2)40-24-14-12-22-36(40)39-28-33(26-27-41(39)48)38-29-34(30-43-44(38)37-23-13-15-25-42(37)52(43)35-20-10-5-11-21-35)47-50-45(31-16-6-3-7-17-31)49-46(51-47)32-18-8-4-9-19-32/h3-30H,1-2H3. The van der Waals surface area contributed by atoms with Crippen LogP contribution in [0.2, 0.25) is 0 Å². The molecule has 2 heterocycles. The maximum atomic E-state index is 5.17. The van der Waals surface area contributed by atoms with Crippen molar-refractivity contribution in [2.24, 2.45) is 0 Å². The largest absolute Gasteiger partial charge is 0.309 e. The predicted molar refractivity (Wildman–Crippen MR) is 213 cm³/mol. The smallest absolute Gasteiger partial charge is 0.164 e. The number of benzene rings is 7. The molecule has 0 atom stereocenters. The van der Waals surface area contributed by atoms with Gasteiger partial charge in [0.25, 0.3) is 0 Å². The SMILES string of the molecule is CC1(C)c2ccccc2-c2cc(-c3cc(-c4nc(-c5ccccc5)nc(-c5ccccc5)n4)cc4c3c3ccccc3n4-c3ccccc3)ccc21. The lowest BCUT2D eigenvalue weighted by atomic mass is 9.82. The molecule has 0 saturated carbocycles. The Morgan fingerprint density at radius 2 is 0.942 bits per heavy atom. The fourth-order valence-corrected chi connectivity index (χ4v) is 8.13. The summed E-state index contributed by atoms with van der Waals surface area (Å²) in [5.41, 5.74) is 13.7. The molecule has 7 aromatic carbocycles. The van der Waals surface area contributed by atoms with Crippen LogP contribution in [0.1, 0.15) is 25.0 Å². The molecule has 0 unspecified atom stereocenters. The third-order valence-corrected chi connectivity index (χ3v) is 10.6. The normalized spacial score (nSPS) is 13.0. The van der Waals surface area contributed by atoms with Gasteiger partial charge in [-0.15, -0.1) is 0 Å². The van der Waals surface area contributed by atoms with E-state index in [1.54, 1.807) is 0 Å². The fourth-order valence-electron chi connectivity index (χ4n) is 8.13. The van der Waals surface area contributed by atoms with Gasteiger partial charge in [-0.1, -0.05) is 147 Å². The third-order valence-electron chi connectivity index (χ3n) is 10.6. The Morgan fingerprint density at radius 1 is 0.404 bits per heavy atom. The molecule has 1 aliphatic carbocycles. The molecule has 0 amide bonds. The molecule has 0 N–H and O–H groups in total. The van der Waals surface area contributed by atoms with Crippen molar-refractivity contribution in [3.05, 3.63) is 181 Å². The zero-order valence-electron chi connectivity index (χ0n) is 29.0. The minimum atomic E-state index is -0.0719. The second-order valence-electron chi connectivity index (χ2n) is 14.1. The van der Waals surface area contributed by atoms with E-state index in [2.05, 4.69) is 152 Å². The molecule has 2 aromatic heterocycles. The first kappa shape index (κ1) is 30.2. The van der Waals surface area contributed by atoms with Crippen molar-refractivity contribution in [1.82, 2.24) is 19.5 Å². The summed E-state index contributed by atoms with van der Waals surface area (Å²) < 4.78 is 2.38. The van der Waals surface area contributed by atoms with Crippen molar-refractivity contribution >= 4 is 21.8 Å². The van der Waals surface area contributed by atoms with Crippen LogP contribution in [0.4, 0.5) is 0 Å². The molecule has 0 radical (unpaired) electrons. The van der Waals surface area contributed by atoms with Crippen LogP contribution in [-0.4, -0.2) is 19.5 Å². The summed E-state index contributed by atoms with van der Waals surface area (Å²) in [5.74, 6) is 1.92. The molecule has 0 fully saturated rings. The topological polar surface area (TPSA) is 43.6 Å². The molecular formula is C48H34N4. The molecule has 0 bridgehead atoms. The van der Waals surface area contributed by atoms with Gasteiger partial charge in [-0.3, -0.25) is 0 Å². The van der Waals surface area contributed by atoms with Crippen LogP contribution in [0, 0.1) is 0 Å². The van der Waals surface area contributed by atoms with Gasteiger partial charge in [0.05, 0.1) is 11.0 Å². The average Bonchev–Trinajstić information content (AvgIpc) is 3.66. The summed E-state index contributed by atoms with van der Waals surface area (Å²) in [5, 5.41) is 2.41. The summed E-state index contributed by atoms with van der Waals surface area (Å²) in [6.07, 6.45) is 0. The van der Waals surface area contributed by atoms with E-state index in [0.717, 1.165) is 44.5 Å². The zero-order chi connectivity index (χ0) is 34.8. The number of nitrogens with zero attached hydrogens (tertiary/aromatic N) is 4. The van der Waals surface area contributed by atoms with Gasteiger partial charge in [-0.2, -0.15) is 0 Å². The molecule has 9 aromatic rings. The highest BCUT2D eigenvalue weighted by Crippen LogP contribution is 2.50. The zero-order valence-corrected chi connectivity index (χ0v) is 29.0. The minimum Gasteiger partial charge on any atom is -0.309 e. The maximum absolute atomic E-state index is 5.17. The van der Waals surface area contributed by atoms with Crippen LogP contribution in [0.3, 0.4) is 0 Å². The Labute approximate surface area is 302 Å². The highest BCUT2D eigenvalue weighted by molar-refractivity contribution is 6.17. The lowest BCUT2D eigenvalue weighted by molar-refractivity contribution is 0.660. The molecule has 10 rings (SSSR count). The second kappa shape index (κ2) is 11.7. The lowest BCUT2D eigenvalue weighted by Gasteiger charge is -2.21. The monoisotopic (exact) mass is 666 g/mol. The number of aromatic nitrogens is 4. The molecule has 246 valence electrons. The van der Waals surface area contributed by atoms with Crippen LogP contribution >= 0.6 is 0 Å². The minimum absolute atomic E-state index is 0.0719. The van der Waals surface area contributed by atoms with Crippen LogP contribution in [0.5, 0.6) is 0 Å². The molecule has 0 saturated heterocycles. The van der Waals surface area contributed by atoms with Crippen LogP contribution in [-0.2, 0) is 5.41 Å². The maximum Gasteiger partial charge on any atom is 0.164 e. The number of hydrogen-bond acceptors (Lipinski definition) is 3. The Kier molecular flexibility index (Phi) is 6.80. The van der Waals surface area contributed by atoms with Crippen molar-refractivity contribution < 1.29 is 0 Å². The first-order valence-corrected chi connectivity index (χ1v) is 17.8. The van der Waals surface area contributed by atoms with Gasteiger partial charge in [0.2, 0.25) is 0 Å². The van der Waals surface area contributed by atoms with E-state index in [1.165, 1.54) is 33.0 Å². The average molecular weight is 667 g/mol. The molecule has 4 heteroatoms. The van der Waals surface area contributed by atoms with E-state index in [0.29, 0.717) is 17.5 Å². The van der Waals surface area contributed by atoms with Crippen LogP contribution in [0.15, 0.2) is 170 Å². The Bertz CT molecular complexity index is 2740. The molecular weight excluding hydrogens is 633 g/mol. The van der Waals surface area contributed by atoms with Crippen LogP contribution < -0.4 is 0 Å². The summed E-state index contributed by atoms with van der Waals surface area (Å²) >= 11 is 0. The Balaban J connectivity index is 1.30. The summed E-state index contributed by atoms with van der Waals surface area (Å²) in [6, 6.07) is 60.1. The molecule has 52 heavy (non-hydrogen) atoms. The predicted octanol–water partition coefficient (Wildman–Crippen LogP) is 11.9. The van der Waals surface area contributed by atoms with Gasteiger partial charge in [0.15, 0.2) is 17.5 Å². The number of hydrogen-bond donors (Lipinski definition) is 0. The summed E-state index contributed by atoms with van der Waals surface area (Å²) in [6.45, 7) is 4.66. The van der Waals surface area contributed by atoms with Gasteiger partial charge in [0, 0.05) is 38.6 Å². The van der Waals surface area contributed by atoms with Gasteiger partial charge in [-0.25, -0.2) is 15.0 Å². The first-order chi connectivity index (χ1) is 25.5. The van der Waals surface area contributed by atoms with E-state index < -0.39 is 0 Å². The Hall–Kier alpha value is -6.65. The van der Waals surface area contributed by atoms with Crippen molar-refractivity contribution in [2.75, 3.05) is 0 Å². The highest BCUT2D eigenvalue weighted by Gasteiger charge is 2.35. The van der Waals surface area contributed by atoms with E-state index >= 15 is 0 Å². The molecule has 0 aliphatic heterocycles. The van der Waals surface area contributed by atoms with E-state index in [1.807, 2.05) is 36.4 Å². The van der Waals surface area contributed by atoms with Gasteiger partial charge in [-0.05, 0) is 69.8 Å². The lowest BCUT2D eigenvalue weighted by Crippen LogP contribution is -2.14. The van der Waals surface area contributed by atoms with Gasteiger partial charge < -0.3 is 4.57 Å². The number of para-hydroxylation sites is 2. The third kappa shape index (κ3) is 4.72. The quantitative estimate of drug-likeness (QED) is 0.184. The highest BCUT2D eigenvalue weighted by atomic mass is 15.0.